The molecule has 0 spiro atoms. The first-order chi connectivity index (χ1) is 12.4. The highest BCUT2D eigenvalue weighted by atomic mass is 19.1. The van der Waals surface area contributed by atoms with Gasteiger partial charge in [-0.2, -0.15) is 0 Å². The van der Waals surface area contributed by atoms with Crippen LogP contribution in [0.1, 0.15) is 27.4 Å². The van der Waals surface area contributed by atoms with E-state index < -0.39 is 0 Å². The first-order valence-corrected chi connectivity index (χ1v) is 8.17. The summed E-state index contributed by atoms with van der Waals surface area (Å²) >= 11 is 0. The summed E-state index contributed by atoms with van der Waals surface area (Å²) in [7, 11) is 0. The monoisotopic (exact) mass is 350 g/mol. The Bertz CT molecular complexity index is 934. The summed E-state index contributed by atoms with van der Waals surface area (Å²) in [5, 5.41) is 5.91. The molecule has 1 aromatic heterocycles. The van der Waals surface area contributed by atoms with Gasteiger partial charge in [0.25, 0.3) is 5.91 Å². The summed E-state index contributed by atoms with van der Waals surface area (Å²) < 4.78 is 13.0. The Morgan fingerprint density at radius 3 is 2.19 bits per heavy atom. The Morgan fingerprint density at radius 1 is 0.885 bits per heavy atom. The van der Waals surface area contributed by atoms with Gasteiger partial charge in [-0.15, -0.1) is 0 Å². The molecule has 132 valence electrons. The molecule has 0 unspecified atom stereocenters. The number of carbonyl (C=O) groups is 1. The fourth-order valence-electron chi connectivity index (χ4n) is 2.67. The van der Waals surface area contributed by atoms with E-state index in [0.29, 0.717) is 17.3 Å². The molecule has 6 heteroatoms. The molecule has 26 heavy (non-hydrogen) atoms. The zero-order chi connectivity index (χ0) is 18.7. The van der Waals surface area contributed by atoms with Crippen LogP contribution >= 0.6 is 0 Å². The van der Waals surface area contributed by atoms with E-state index in [2.05, 4.69) is 20.6 Å². The van der Waals surface area contributed by atoms with Gasteiger partial charge in [0.05, 0.1) is 0 Å². The standard InChI is InChI=1S/C20H19FN4O/c1-12-8-13(2)10-17(9-12)25-20(26)18-11-19(23-14(3)22-18)24-16-6-4-15(21)5-7-16/h4-11H,1-3H3,(H,25,26)(H,22,23,24). The maximum absolute atomic E-state index is 13.0. The lowest BCUT2D eigenvalue weighted by Crippen LogP contribution is -2.15. The molecule has 5 nitrogen and oxygen atoms in total. The van der Waals surface area contributed by atoms with Gasteiger partial charge >= 0.3 is 0 Å². The highest BCUT2D eigenvalue weighted by Gasteiger charge is 2.12. The Kier molecular flexibility index (Phi) is 4.93. The molecular weight excluding hydrogens is 331 g/mol. The van der Waals surface area contributed by atoms with Gasteiger partial charge < -0.3 is 10.6 Å². The number of nitrogens with one attached hydrogen (secondary N) is 2. The van der Waals surface area contributed by atoms with Crippen molar-refractivity contribution in [3.8, 4) is 0 Å². The van der Waals surface area contributed by atoms with Crippen LogP contribution in [0.15, 0.2) is 48.5 Å². The predicted molar refractivity (Wildman–Crippen MR) is 100 cm³/mol. The van der Waals surface area contributed by atoms with Crippen LogP contribution in [0, 0.1) is 26.6 Å². The number of carbonyl (C=O) groups excluding carboxylic acids is 1. The molecule has 1 amide bonds. The molecule has 0 saturated carbocycles. The van der Waals surface area contributed by atoms with Gasteiger partial charge in [-0.3, -0.25) is 4.79 Å². The molecule has 0 bridgehead atoms. The second-order valence-corrected chi connectivity index (χ2v) is 6.15. The molecule has 0 aliphatic rings. The molecule has 2 aromatic carbocycles. The summed E-state index contributed by atoms with van der Waals surface area (Å²) in [5.74, 6) is 0.294. The Labute approximate surface area is 151 Å². The fraction of sp³-hybridized carbons (Fsp3) is 0.150. The molecule has 0 radical (unpaired) electrons. The average Bonchev–Trinajstić information content (AvgIpc) is 2.55. The summed E-state index contributed by atoms with van der Waals surface area (Å²) in [4.78, 5) is 21.0. The molecule has 0 atom stereocenters. The number of aromatic nitrogens is 2. The second-order valence-electron chi connectivity index (χ2n) is 6.15. The Morgan fingerprint density at radius 2 is 1.54 bits per heavy atom. The maximum atomic E-state index is 13.0. The lowest BCUT2D eigenvalue weighted by atomic mass is 10.1. The van der Waals surface area contributed by atoms with Crippen molar-refractivity contribution in [1.29, 1.82) is 0 Å². The number of hydrogen-bond donors (Lipinski definition) is 2. The Hall–Kier alpha value is -3.28. The quantitative estimate of drug-likeness (QED) is 0.725. The number of rotatable bonds is 4. The van der Waals surface area contributed by atoms with Crippen LogP contribution in [0.4, 0.5) is 21.6 Å². The van der Waals surface area contributed by atoms with Gasteiger partial charge in [0, 0.05) is 17.4 Å². The number of aryl methyl sites for hydroxylation is 3. The maximum Gasteiger partial charge on any atom is 0.274 e. The third kappa shape index (κ3) is 4.42. The van der Waals surface area contributed by atoms with Crippen LogP contribution in [0.5, 0.6) is 0 Å². The van der Waals surface area contributed by atoms with E-state index in [0.717, 1.165) is 16.8 Å². The van der Waals surface area contributed by atoms with Crippen molar-refractivity contribution in [3.05, 3.63) is 77.0 Å². The summed E-state index contributed by atoms with van der Waals surface area (Å²) in [6.07, 6.45) is 0. The highest BCUT2D eigenvalue weighted by Crippen LogP contribution is 2.18. The smallest absolute Gasteiger partial charge is 0.274 e. The zero-order valence-electron chi connectivity index (χ0n) is 14.8. The highest BCUT2D eigenvalue weighted by molar-refractivity contribution is 6.03. The minimum Gasteiger partial charge on any atom is -0.340 e. The molecule has 0 fully saturated rings. The van der Waals surface area contributed by atoms with Crippen molar-refractivity contribution < 1.29 is 9.18 Å². The van der Waals surface area contributed by atoms with Gasteiger partial charge in [-0.05, 0) is 68.3 Å². The fourth-order valence-corrected chi connectivity index (χ4v) is 2.67. The van der Waals surface area contributed by atoms with Crippen LogP contribution in [0.25, 0.3) is 0 Å². The van der Waals surface area contributed by atoms with Gasteiger partial charge in [0.15, 0.2) is 0 Å². The number of halogens is 1. The second kappa shape index (κ2) is 7.31. The van der Waals surface area contributed by atoms with Crippen molar-refractivity contribution in [2.24, 2.45) is 0 Å². The largest absolute Gasteiger partial charge is 0.340 e. The summed E-state index contributed by atoms with van der Waals surface area (Å²) in [6.45, 7) is 5.66. The molecule has 3 aromatic rings. The van der Waals surface area contributed by atoms with E-state index in [1.165, 1.54) is 12.1 Å². The molecular formula is C20H19FN4O. The third-order valence-electron chi connectivity index (χ3n) is 3.67. The molecule has 1 heterocycles. The minimum absolute atomic E-state index is 0.251. The van der Waals surface area contributed by atoms with E-state index in [1.54, 1.807) is 25.1 Å². The number of benzene rings is 2. The number of hydrogen-bond acceptors (Lipinski definition) is 4. The normalized spacial score (nSPS) is 10.5. The lowest BCUT2D eigenvalue weighted by molar-refractivity contribution is 0.102. The topological polar surface area (TPSA) is 66.9 Å². The molecule has 0 aliphatic carbocycles. The number of amides is 1. The van der Waals surface area contributed by atoms with Crippen LogP contribution in [-0.2, 0) is 0 Å². The first-order valence-electron chi connectivity index (χ1n) is 8.17. The molecule has 0 aliphatic heterocycles. The Balaban J connectivity index is 1.82. The van der Waals surface area contributed by atoms with E-state index in [4.69, 9.17) is 0 Å². The lowest BCUT2D eigenvalue weighted by Gasteiger charge is -2.10. The summed E-state index contributed by atoms with van der Waals surface area (Å²) in [5.41, 5.74) is 3.78. The van der Waals surface area contributed by atoms with Gasteiger partial charge in [-0.1, -0.05) is 6.07 Å². The van der Waals surface area contributed by atoms with Crippen LogP contribution in [-0.4, -0.2) is 15.9 Å². The van der Waals surface area contributed by atoms with Crippen LogP contribution in [0.3, 0.4) is 0 Å². The van der Waals surface area contributed by atoms with Crippen molar-refractivity contribution in [2.75, 3.05) is 10.6 Å². The molecule has 3 rings (SSSR count). The average molecular weight is 350 g/mol. The van der Waals surface area contributed by atoms with Crippen molar-refractivity contribution in [3.63, 3.8) is 0 Å². The van der Waals surface area contributed by atoms with Crippen molar-refractivity contribution in [2.45, 2.75) is 20.8 Å². The van der Waals surface area contributed by atoms with Crippen molar-refractivity contribution >= 4 is 23.1 Å². The van der Waals surface area contributed by atoms with Crippen molar-refractivity contribution in [1.82, 2.24) is 9.97 Å². The number of anilines is 3. The predicted octanol–water partition coefficient (Wildman–Crippen LogP) is 4.54. The van der Waals surface area contributed by atoms with E-state index in [-0.39, 0.29) is 17.4 Å². The third-order valence-corrected chi connectivity index (χ3v) is 3.67. The number of nitrogens with zero attached hydrogens (tertiary/aromatic N) is 2. The SMILES string of the molecule is Cc1cc(C)cc(NC(=O)c2cc(Nc3ccc(F)cc3)nc(C)n2)c1. The van der Waals surface area contributed by atoms with E-state index >= 15 is 0 Å². The van der Waals surface area contributed by atoms with Gasteiger partial charge in [-0.25, -0.2) is 14.4 Å². The zero-order valence-corrected chi connectivity index (χ0v) is 14.8. The van der Waals surface area contributed by atoms with Gasteiger partial charge in [0.1, 0.15) is 23.2 Å². The summed E-state index contributed by atoms with van der Waals surface area (Å²) in [6, 6.07) is 13.3. The van der Waals surface area contributed by atoms with Gasteiger partial charge in [0.2, 0.25) is 0 Å². The van der Waals surface area contributed by atoms with E-state index in [9.17, 15) is 9.18 Å². The van der Waals surface area contributed by atoms with E-state index in [1.807, 2.05) is 32.0 Å². The molecule has 2 N–H and O–H groups in total. The minimum atomic E-state index is -0.317. The first kappa shape index (κ1) is 17.5. The van der Waals surface area contributed by atoms with Crippen LogP contribution in [0.2, 0.25) is 0 Å². The molecule has 0 saturated heterocycles. The van der Waals surface area contributed by atoms with Crippen LogP contribution < -0.4 is 10.6 Å².